The molecule has 6 heteroatoms. The molecule has 2 saturated carbocycles. The van der Waals surface area contributed by atoms with Crippen molar-refractivity contribution in [3.8, 4) is 0 Å². The van der Waals surface area contributed by atoms with Crippen molar-refractivity contribution in [2.24, 2.45) is 5.92 Å². The number of amides is 3. The highest BCUT2D eigenvalue weighted by Crippen LogP contribution is 2.49. The lowest BCUT2D eigenvalue weighted by molar-refractivity contribution is -0.132. The molecule has 0 bridgehead atoms. The lowest BCUT2D eigenvalue weighted by Crippen LogP contribution is -2.56. The Morgan fingerprint density at radius 3 is 2.26 bits per heavy atom. The highest BCUT2D eigenvalue weighted by atomic mass is 16.2. The van der Waals surface area contributed by atoms with Crippen LogP contribution in [-0.4, -0.2) is 83.9 Å². The Morgan fingerprint density at radius 1 is 0.971 bits per heavy atom. The lowest BCUT2D eigenvalue weighted by atomic mass is 9.68. The summed E-state index contributed by atoms with van der Waals surface area (Å²) >= 11 is 0. The van der Waals surface area contributed by atoms with Gasteiger partial charge in [-0.15, -0.1) is 0 Å². The van der Waals surface area contributed by atoms with E-state index in [1.54, 1.807) is 0 Å². The van der Waals surface area contributed by atoms with E-state index in [4.69, 9.17) is 0 Å². The lowest BCUT2D eigenvalue weighted by Gasteiger charge is -2.51. The van der Waals surface area contributed by atoms with E-state index in [-0.39, 0.29) is 23.0 Å². The van der Waals surface area contributed by atoms with Gasteiger partial charge in [-0.05, 0) is 83.4 Å². The fourth-order valence-corrected chi connectivity index (χ4v) is 7.09. The molecule has 3 amide bonds. The number of carbonyl (C=O) groups is 2. The fourth-order valence-electron chi connectivity index (χ4n) is 7.09. The third-order valence-electron chi connectivity index (χ3n) is 9.70. The first-order chi connectivity index (χ1) is 16.9. The summed E-state index contributed by atoms with van der Waals surface area (Å²) in [5, 5.41) is 0. The van der Waals surface area contributed by atoms with E-state index in [9.17, 15) is 9.59 Å². The number of nitrogens with zero attached hydrogens (tertiary/aromatic N) is 4. The quantitative estimate of drug-likeness (QED) is 0.569. The van der Waals surface area contributed by atoms with Crippen LogP contribution in [0.3, 0.4) is 0 Å². The van der Waals surface area contributed by atoms with Crippen molar-refractivity contribution in [3.63, 3.8) is 0 Å². The van der Waals surface area contributed by atoms with Crippen LogP contribution in [0.1, 0.15) is 76.2 Å². The van der Waals surface area contributed by atoms with Gasteiger partial charge in [0.05, 0.1) is 5.54 Å². The maximum Gasteiger partial charge on any atom is 0.320 e. The summed E-state index contributed by atoms with van der Waals surface area (Å²) in [6, 6.07) is 11.1. The van der Waals surface area contributed by atoms with Crippen molar-refractivity contribution < 1.29 is 9.59 Å². The van der Waals surface area contributed by atoms with E-state index in [2.05, 4.69) is 54.2 Å². The van der Waals surface area contributed by atoms with Crippen LogP contribution in [0.15, 0.2) is 30.3 Å². The Bertz CT molecular complexity index is 883. The average Bonchev–Trinajstić information content (AvgIpc) is 3.11. The Kier molecular flexibility index (Phi) is 7.11. The molecule has 2 saturated heterocycles. The first-order valence-electron chi connectivity index (χ1n) is 14.0. The summed E-state index contributed by atoms with van der Waals surface area (Å²) < 4.78 is 0. The second kappa shape index (κ2) is 10.1. The molecule has 4 aliphatic rings. The molecule has 1 spiro atoms. The molecule has 2 heterocycles. The second-order valence-electron chi connectivity index (χ2n) is 11.8. The van der Waals surface area contributed by atoms with Crippen LogP contribution in [0.5, 0.6) is 0 Å². The van der Waals surface area contributed by atoms with Crippen LogP contribution in [0.4, 0.5) is 4.79 Å². The molecule has 4 fully saturated rings. The minimum atomic E-state index is -0.0882. The van der Waals surface area contributed by atoms with Gasteiger partial charge < -0.3 is 14.7 Å². The van der Waals surface area contributed by atoms with Gasteiger partial charge in [0.15, 0.2) is 0 Å². The first-order valence-corrected chi connectivity index (χ1v) is 14.0. The van der Waals surface area contributed by atoms with Gasteiger partial charge in [-0.25, -0.2) is 4.79 Å². The smallest absolute Gasteiger partial charge is 0.320 e. The van der Waals surface area contributed by atoms with E-state index in [1.807, 2.05) is 9.80 Å². The first kappa shape index (κ1) is 24.6. The third-order valence-corrected chi connectivity index (χ3v) is 9.70. The SMILES string of the molecule is CN(C)[C@]1(c2ccccc2)CC[C@]2(CC1)CN(CCC(=O)N1CCCCC1)C(=O)N2CC1CCC1. The predicted molar refractivity (Wildman–Crippen MR) is 139 cm³/mol. The fraction of sp³-hybridized carbons (Fsp3) is 0.724. The van der Waals surface area contributed by atoms with E-state index < -0.39 is 0 Å². The molecule has 2 aliphatic carbocycles. The van der Waals surface area contributed by atoms with Gasteiger partial charge in [0, 0.05) is 44.7 Å². The van der Waals surface area contributed by atoms with Crippen LogP contribution in [0.25, 0.3) is 0 Å². The summed E-state index contributed by atoms with van der Waals surface area (Å²) in [6.45, 7) is 4.02. The Labute approximate surface area is 211 Å². The minimum Gasteiger partial charge on any atom is -0.343 e. The average molecular weight is 481 g/mol. The predicted octanol–water partition coefficient (Wildman–Crippen LogP) is 4.70. The third kappa shape index (κ3) is 4.71. The highest BCUT2D eigenvalue weighted by Gasteiger charge is 2.54. The normalized spacial score (nSPS) is 29.8. The molecule has 0 aromatic heterocycles. The molecular formula is C29H44N4O2. The van der Waals surface area contributed by atoms with E-state index in [0.717, 1.165) is 64.7 Å². The molecule has 1 aromatic carbocycles. The van der Waals surface area contributed by atoms with Crippen molar-refractivity contribution in [3.05, 3.63) is 35.9 Å². The Balaban J connectivity index is 1.31. The second-order valence-corrected chi connectivity index (χ2v) is 11.8. The summed E-state index contributed by atoms with van der Waals surface area (Å²) in [5.74, 6) is 0.878. The molecule has 0 radical (unpaired) electrons. The largest absolute Gasteiger partial charge is 0.343 e. The topological polar surface area (TPSA) is 47.1 Å². The van der Waals surface area contributed by atoms with Gasteiger partial charge in [0.2, 0.25) is 5.91 Å². The van der Waals surface area contributed by atoms with E-state index in [1.165, 1.54) is 31.2 Å². The number of rotatable bonds is 7. The number of likely N-dealkylation sites (tertiary alicyclic amines) is 1. The Morgan fingerprint density at radius 2 is 1.66 bits per heavy atom. The number of piperidine rings is 1. The van der Waals surface area contributed by atoms with Gasteiger partial charge >= 0.3 is 6.03 Å². The summed E-state index contributed by atoms with van der Waals surface area (Å²) in [6.07, 6.45) is 11.9. The molecular weight excluding hydrogens is 436 g/mol. The zero-order valence-corrected chi connectivity index (χ0v) is 21.9. The van der Waals surface area contributed by atoms with Crippen LogP contribution >= 0.6 is 0 Å². The van der Waals surface area contributed by atoms with Crippen molar-refractivity contribution >= 4 is 11.9 Å². The van der Waals surface area contributed by atoms with Crippen molar-refractivity contribution in [1.29, 1.82) is 0 Å². The maximum absolute atomic E-state index is 13.7. The molecule has 2 aliphatic heterocycles. The van der Waals surface area contributed by atoms with Gasteiger partial charge in [-0.1, -0.05) is 36.8 Å². The summed E-state index contributed by atoms with van der Waals surface area (Å²) in [7, 11) is 4.41. The van der Waals surface area contributed by atoms with E-state index >= 15 is 0 Å². The number of urea groups is 1. The van der Waals surface area contributed by atoms with Crippen LogP contribution in [0.2, 0.25) is 0 Å². The van der Waals surface area contributed by atoms with Gasteiger partial charge in [-0.3, -0.25) is 9.69 Å². The standard InChI is InChI=1S/C29H44N4O2/c1-30(2)29(25-12-5-3-6-13-25)17-15-28(16-18-29)23-32(27(35)33(28)22-24-10-9-11-24)21-14-26(34)31-19-7-4-8-20-31/h3,5-6,12-13,24H,4,7-11,14-23H2,1-2H3/t28-,29+. The molecule has 0 N–H and O–H groups in total. The zero-order chi connectivity index (χ0) is 24.5. The van der Waals surface area contributed by atoms with Crippen LogP contribution in [0, 0.1) is 5.92 Å². The molecule has 0 unspecified atom stereocenters. The highest BCUT2D eigenvalue weighted by molar-refractivity contribution is 5.80. The van der Waals surface area contributed by atoms with Crippen LogP contribution in [-0.2, 0) is 10.3 Å². The summed E-state index contributed by atoms with van der Waals surface area (Å²) in [4.78, 5) is 35.2. The molecule has 6 nitrogen and oxygen atoms in total. The molecule has 5 rings (SSSR count). The van der Waals surface area contributed by atoms with Crippen molar-refractivity contribution in [2.45, 2.75) is 81.7 Å². The van der Waals surface area contributed by atoms with Crippen molar-refractivity contribution in [2.75, 3.05) is 46.8 Å². The molecule has 35 heavy (non-hydrogen) atoms. The van der Waals surface area contributed by atoms with Crippen LogP contribution < -0.4 is 0 Å². The number of carbonyl (C=O) groups excluding carboxylic acids is 2. The maximum atomic E-state index is 13.7. The van der Waals surface area contributed by atoms with E-state index in [0.29, 0.717) is 18.9 Å². The zero-order valence-electron chi connectivity index (χ0n) is 21.9. The number of benzene rings is 1. The van der Waals surface area contributed by atoms with Gasteiger partial charge in [0.1, 0.15) is 0 Å². The molecule has 1 aromatic rings. The molecule has 192 valence electrons. The van der Waals surface area contributed by atoms with Gasteiger partial charge in [-0.2, -0.15) is 0 Å². The molecule has 0 atom stereocenters. The number of hydrogen-bond acceptors (Lipinski definition) is 3. The van der Waals surface area contributed by atoms with Gasteiger partial charge in [0.25, 0.3) is 0 Å². The Hall–Kier alpha value is -2.08. The van der Waals surface area contributed by atoms with Crippen molar-refractivity contribution in [1.82, 2.24) is 19.6 Å². The number of hydrogen-bond donors (Lipinski definition) is 0. The minimum absolute atomic E-state index is 0.0232. The summed E-state index contributed by atoms with van der Waals surface area (Å²) in [5.41, 5.74) is 1.32. The monoisotopic (exact) mass is 480 g/mol.